The monoisotopic (exact) mass is 310 g/mol. The first-order chi connectivity index (χ1) is 10.7. The fourth-order valence-corrected chi connectivity index (χ4v) is 2.30. The van der Waals surface area contributed by atoms with Crippen molar-refractivity contribution in [1.29, 1.82) is 0 Å². The molecule has 0 aliphatic heterocycles. The zero-order valence-corrected chi connectivity index (χ0v) is 12.5. The topological polar surface area (TPSA) is 62.5 Å². The molecular weight excluding hydrogens is 296 g/mol. The van der Waals surface area contributed by atoms with E-state index in [4.69, 9.17) is 5.11 Å². The van der Waals surface area contributed by atoms with Crippen molar-refractivity contribution >= 4 is 29.9 Å². The Labute approximate surface area is 132 Å². The Hall–Kier alpha value is -2.79. The molecule has 0 spiro atoms. The van der Waals surface area contributed by atoms with Gasteiger partial charge in [-0.2, -0.15) is 4.37 Å². The molecule has 0 bridgehead atoms. The van der Waals surface area contributed by atoms with Crippen LogP contribution in [0.2, 0.25) is 0 Å². The van der Waals surface area contributed by atoms with Gasteiger partial charge >= 0.3 is 5.97 Å². The summed E-state index contributed by atoms with van der Waals surface area (Å²) in [5.41, 5.74) is 2.88. The van der Waals surface area contributed by atoms with Crippen molar-refractivity contribution < 1.29 is 9.90 Å². The first-order valence-electron chi connectivity index (χ1n) is 6.47. The first kappa shape index (κ1) is 15.6. The van der Waals surface area contributed by atoms with Crippen molar-refractivity contribution in [2.75, 3.05) is 0 Å². The molecule has 1 N–H and O–H groups in total. The van der Waals surface area contributed by atoms with Gasteiger partial charge in [-0.25, -0.2) is 4.79 Å². The molecule has 1 heterocycles. The highest BCUT2D eigenvalue weighted by Crippen LogP contribution is 2.21. The second kappa shape index (κ2) is 7.85. The summed E-state index contributed by atoms with van der Waals surface area (Å²) in [6, 6.07) is 20.8. The molecule has 2 aromatic carbocycles. The third-order valence-corrected chi connectivity index (χ3v) is 3.57. The van der Waals surface area contributed by atoms with Gasteiger partial charge in [0.15, 0.2) is 4.88 Å². The van der Waals surface area contributed by atoms with Gasteiger partial charge in [0.25, 0.3) is 0 Å². The van der Waals surface area contributed by atoms with Crippen LogP contribution in [-0.4, -0.2) is 22.2 Å². The first-order valence-corrected chi connectivity index (χ1v) is 7.25. The lowest BCUT2D eigenvalue weighted by Crippen LogP contribution is -1.90. The minimum atomic E-state index is -1.01. The average molecular weight is 310 g/mol. The number of benzene rings is 2. The Morgan fingerprint density at radius 3 is 1.86 bits per heavy atom. The van der Waals surface area contributed by atoms with E-state index < -0.39 is 5.97 Å². The molecule has 5 heteroatoms. The molecule has 1 aromatic heterocycles. The number of rotatable bonds is 3. The van der Waals surface area contributed by atoms with Crippen molar-refractivity contribution in [3.05, 3.63) is 71.7 Å². The van der Waals surface area contributed by atoms with Gasteiger partial charge < -0.3 is 5.11 Å². The maximum atomic E-state index is 10.3. The van der Waals surface area contributed by atoms with Crippen LogP contribution >= 0.6 is 11.5 Å². The lowest BCUT2D eigenvalue weighted by atomic mass is 10.1. The van der Waals surface area contributed by atoms with E-state index >= 15 is 0 Å². The van der Waals surface area contributed by atoms with Gasteiger partial charge in [0.1, 0.15) is 5.69 Å². The van der Waals surface area contributed by atoms with Crippen LogP contribution < -0.4 is 0 Å². The number of hydrogen-bond donors (Lipinski definition) is 1. The summed E-state index contributed by atoms with van der Waals surface area (Å²) in [5, 5.41) is 8.47. The van der Waals surface area contributed by atoms with Crippen LogP contribution in [0.15, 0.2) is 71.9 Å². The molecule has 22 heavy (non-hydrogen) atoms. The van der Waals surface area contributed by atoms with Gasteiger partial charge in [-0.05, 0) is 29.4 Å². The standard InChI is InChI=1S/C12H10.C5H4N2O2S/c1-3-7-11(8-4-1)12-9-5-2-6-10-12;1-6-3-2-7-10-4(3)5(8)9/h1-10H;2H,1H2,(H,8,9). The van der Waals surface area contributed by atoms with E-state index in [2.05, 4.69) is 64.6 Å². The van der Waals surface area contributed by atoms with Gasteiger partial charge in [0, 0.05) is 0 Å². The Kier molecular flexibility index (Phi) is 5.57. The van der Waals surface area contributed by atoms with Crippen LogP contribution in [0.4, 0.5) is 5.69 Å². The van der Waals surface area contributed by atoms with E-state index in [1.165, 1.54) is 17.3 Å². The molecule has 0 amide bonds. The maximum Gasteiger partial charge on any atom is 0.349 e. The number of hydrogen-bond acceptors (Lipinski definition) is 4. The minimum absolute atomic E-state index is 0.134. The van der Waals surface area contributed by atoms with E-state index in [9.17, 15) is 4.79 Å². The second-order valence-corrected chi connectivity index (χ2v) is 5.04. The average Bonchev–Trinajstić information content (AvgIpc) is 3.06. The molecular formula is C17H14N2O2S. The largest absolute Gasteiger partial charge is 0.477 e. The van der Waals surface area contributed by atoms with E-state index in [-0.39, 0.29) is 4.88 Å². The van der Waals surface area contributed by atoms with E-state index in [1.807, 2.05) is 12.1 Å². The number of nitrogens with zero attached hydrogens (tertiary/aromatic N) is 2. The van der Waals surface area contributed by atoms with Gasteiger partial charge in [-0.15, -0.1) is 0 Å². The van der Waals surface area contributed by atoms with Crippen LogP contribution in [0.5, 0.6) is 0 Å². The smallest absolute Gasteiger partial charge is 0.349 e. The molecule has 0 aliphatic carbocycles. The van der Waals surface area contributed by atoms with Crippen LogP contribution in [-0.2, 0) is 0 Å². The second-order valence-electron chi connectivity index (χ2n) is 4.24. The lowest BCUT2D eigenvalue weighted by molar-refractivity contribution is 0.0703. The third-order valence-electron chi connectivity index (χ3n) is 2.80. The molecule has 0 atom stereocenters. The van der Waals surface area contributed by atoms with Crippen molar-refractivity contribution in [2.45, 2.75) is 0 Å². The zero-order valence-electron chi connectivity index (χ0n) is 11.7. The molecule has 0 aliphatic rings. The van der Waals surface area contributed by atoms with Crippen LogP contribution in [0.25, 0.3) is 11.1 Å². The zero-order chi connectivity index (χ0) is 15.8. The molecule has 110 valence electrons. The number of carboxylic acid groups (broad SMARTS) is 1. The summed E-state index contributed by atoms with van der Waals surface area (Å²) in [5.74, 6) is -1.01. The number of aliphatic imine (C=N–C) groups is 1. The van der Waals surface area contributed by atoms with Crippen LogP contribution in [0, 0.1) is 0 Å². The Bertz CT molecular complexity index is 702. The normalized spacial score (nSPS) is 9.45. The fourth-order valence-electron chi connectivity index (χ4n) is 1.76. The molecule has 3 rings (SSSR count). The highest BCUT2D eigenvalue weighted by atomic mass is 32.1. The summed E-state index contributed by atoms with van der Waals surface area (Å²) >= 11 is 0.899. The van der Waals surface area contributed by atoms with Crippen LogP contribution in [0.1, 0.15) is 9.67 Å². The predicted octanol–water partition coefficient (Wildman–Crippen LogP) is 4.53. The molecule has 0 radical (unpaired) electrons. The van der Waals surface area contributed by atoms with Gasteiger partial charge in [-0.3, -0.25) is 4.99 Å². The number of carbonyl (C=O) groups is 1. The number of aromatic carboxylic acids is 1. The summed E-state index contributed by atoms with van der Waals surface area (Å²) in [6.07, 6.45) is 1.38. The maximum absolute atomic E-state index is 10.3. The molecule has 0 unspecified atom stereocenters. The predicted molar refractivity (Wildman–Crippen MR) is 90.2 cm³/mol. The molecule has 4 nitrogen and oxygen atoms in total. The summed E-state index contributed by atoms with van der Waals surface area (Å²) in [7, 11) is 0. The molecule has 0 fully saturated rings. The van der Waals surface area contributed by atoms with Gasteiger partial charge in [0.2, 0.25) is 0 Å². The highest BCUT2D eigenvalue weighted by Gasteiger charge is 2.10. The van der Waals surface area contributed by atoms with Crippen molar-refractivity contribution in [3.8, 4) is 11.1 Å². The summed E-state index contributed by atoms with van der Waals surface area (Å²) in [6.45, 7) is 3.20. The summed E-state index contributed by atoms with van der Waals surface area (Å²) < 4.78 is 3.64. The Morgan fingerprint density at radius 1 is 1.00 bits per heavy atom. The van der Waals surface area contributed by atoms with Crippen molar-refractivity contribution in [1.82, 2.24) is 4.37 Å². The van der Waals surface area contributed by atoms with Gasteiger partial charge in [-0.1, -0.05) is 60.7 Å². The van der Waals surface area contributed by atoms with Crippen molar-refractivity contribution in [2.24, 2.45) is 4.99 Å². The Morgan fingerprint density at radius 2 is 1.50 bits per heavy atom. The van der Waals surface area contributed by atoms with E-state index in [0.717, 1.165) is 11.5 Å². The third kappa shape index (κ3) is 4.10. The summed E-state index contributed by atoms with van der Waals surface area (Å²) in [4.78, 5) is 13.9. The fraction of sp³-hybridized carbons (Fsp3) is 0. The van der Waals surface area contributed by atoms with E-state index in [0.29, 0.717) is 5.69 Å². The minimum Gasteiger partial charge on any atom is -0.477 e. The number of aromatic nitrogens is 1. The van der Waals surface area contributed by atoms with Gasteiger partial charge in [0.05, 0.1) is 6.20 Å². The molecule has 3 aromatic rings. The SMILES string of the molecule is C=Nc1cnsc1C(=O)O.c1ccc(-c2ccccc2)cc1. The quantitative estimate of drug-likeness (QED) is 0.723. The van der Waals surface area contributed by atoms with Crippen LogP contribution in [0.3, 0.4) is 0 Å². The molecule has 0 saturated carbocycles. The Balaban J connectivity index is 0.000000164. The van der Waals surface area contributed by atoms with E-state index in [1.54, 1.807) is 0 Å². The van der Waals surface area contributed by atoms with Crippen molar-refractivity contribution in [3.63, 3.8) is 0 Å². The number of carboxylic acids is 1. The highest BCUT2D eigenvalue weighted by molar-refractivity contribution is 7.08. The molecule has 0 saturated heterocycles. The lowest BCUT2D eigenvalue weighted by Gasteiger charge is -1.98.